The van der Waals surface area contributed by atoms with Gasteiger partial charge < -0.3 is 41.8 Å². The number of carboxylic acids is 1. The Labute approximate surface area is 303 Å². The van der Waals surface area contributed by atoms with E-state index in [2.05, 4.69) is 21.3 Å². The number of carbonyl (C=O) groups is 8. The number of carboxylic acid groups (broad SMARTS) is 1. The molecule has 0 bridgehead atoms. The first-order valence-corrected chi connectivity index (χ1v) is 19.0. The molecule has 0 aromatic heterocycles. The number of hydrogen-bond donors (Lipinski definition) is 6. The van der Waals surface area contributed by atoms with Crippen LogP contribution in [-0.4, -0.2) is 123 Å². The molecule has 3 aliphatic rings. The van der Waals surface area contributed by atoms with E-state index in [-0.39, 0.29) is 67.4 Å². The minimum absolute atomic E-state index is 0.0172. The molecular formula is C34H55N7O9S. The first-order valence-electron chi connectivity index (χ1n) is 18.0. The molecule has 0 aliphatic carbocycles. The SMILES string of the molecule is CC(C)C[C@@H](C=O)NC(=O)CN(C(=O)CCCCC1SCC2NC(=O)NC21)C(=O)[C@H](CC(C)C)NC(=O)[C@@H]1CCCN1C(=O)[C@@H](N)CCC(=O)O. The Balaban J connectivity index is 1.73. The number of nitrogens with one attached hydrogen (secondary N) is 4. The lowest BCUT2D eigenvalue weighted by Gasteiger charge is -2.31. The quantitative estimate of drug-likeness (QED) is 0.0572. The highest BCUT2D eigenvalue weighted by atomic mass is 32.2. The maximum atomic E-state index is 14.1. The van der Waals surface area contributed by atoms with Crippen LogP contribution in [0.25, 0.3) is 0 Å². The second kappa shape index (κ2) is 19.8. The number of aliphatic carboxylic acids is 1. The average molecular weight is 738 g/mol. The van der Waals surface area contributed by atoms with E-state index >= 15 is 0 Å². The normalized spacial score (nSPS) is 22.8. The number of thioether (sulfide) groups is 1. The lowest BCUT2D eigenvalue weighted by atomic mass is 10.0. The van der Waals surface area contributed by atoms with Crippen molar-refractivity contribution in [2.24, 2.45) is 17.6 Å². The predicted octanol–water partition coefficient (Wildman–Crippen LogP) is 0.511. The molecule has 51 heavy (non-hydrogen) atoms. The minimum atomic E-state index is -1.20. The number of likely N-dealkylation sites (tertiary alicyclic amines) is 1. The van der Waals surface area contributed by atoms with E-state index in [0.29, 0.717) is 38.4 Å². The Hall–Kier alpha value is -3.73. The van der Waals surface area contributed by atoms with Gasteiger partial charge in [-0.25, -0.2) is 4.79 Å². The highest BCUT2D eigenvalue weighted by molar-refractivity contribution is 8.00. The number of nitrogens with zero attached hydrogens (tertiary/aromatic N) is 2. The summed E-state index contributed by atoms with van der Waals surface area (Å²) >= 11 is 1.76. The molecule has 16 nitrogen and oxygen atoms in total. The standard InChI is InChI=1S/C34H55N7O9S/c1-19(2)14-21(17-42)36-27(43)16-41(28(44)10-6-5-9-26-30-24(18-51-26)38-34(50)39-30)33(49)23(15-20(3)4)37-31(47)25-8-7-13-40(25)32(48)22(35)11-12-29(45)46/h17,19-26,30H,5-16,18,35H2,1-4H3,(H,36,43)(H,37,47)(H,45,46)(H2,38,39,50)/t21-,22-,23-,24?,25-,26?,30?/m0/s1. The summed E-state index contributed by atoms with van der Waals surface area (Å²) in [4.78, 5) is 104. The first kappa shape index (κ1) is 41.7. The molecule has 286 valence electrons. The summed E-state index contributed by atoms with van der Waals surface area (Å²) in [6.07, 6.45) is 3.30. The topological polar surface area (TPSA) is 237 Å². The summed E-state index contributed by atoms with van der Waals surface area (Å²) in [6.45, 7) is 7.07. The van der Waals surface area contributed by atoms with E-state index in [0.717, 1.165) is 17.1 Å². The smallest absolute Gasteiger partial charge is 0.315 e. The van der Waals surface area contributed by atoms with Gasteiger partial charge in [-0.15, -0.1) is 0 Å². The fraction of sp³-hybridized carbons (Fsp3) is 0.765. The van der Waals surface area contributed by atoms with Gasteiger partial charge >= 0.3 is 12.0 Å². The molecular weight excluding hydrogens is 682 g/mol. The number of nitrogens with two attached hydrogens (primary N) is 1. The fourth-order valence-electron chi connectivity index (χ4n) is 6.81. The van der Waals surface area contributed by atoms with Crippen molar-refractivity contribution in [3.05, 3.63) is 0 Å². The molecule has 3 fully saturated rings. The van der Waals surface area contributed by atoms with E-state index in [1.165, 1.54) is 4.90 Å². The molecule has 3 aliphatic heterocycles. The Morgan fingerprint density at radius 2 is 1.75 bits per heavy atom. The van der Waals surface area contributed by atoms with Gasteiger partial charge in [0.1, 0.15) is 24.9 Å². The molecule has 3 rings (SSSR count). The van der Waals surface area contributed by atoms with Crippen molar-refractivity contribution in [2.45, 2.75) is 133 Å². The molecule has 0 saturated carbocycles. The molecule has 7 amide bonds. The molecule has 7 atom stereocenters. The number of imide groups is 1. The number of amides is 7. The van der Waals surface area contributed by atoms with Crippen molar-refractivity contribution < 1.29 is 43.5 Å². The summed E-state index contributed by atoms with van der Waals surface area (Å²) in [5.74, 6) is -3.53. The lowest BCUT2D eigenvalue weighted by molar-refractivity contribution is -0.151. The molecule has 0 radical (unpaired) electrons. The molecule has 0 aromatic rings. The Morgan fingerprint density at radius 1 is 1.04 bits per heavy atom. The molecule has 0 aromatic carbocycles. The summed E-state index contributed by atoms with van der Waals surface area (Å²) in [7, 11) is 0. The zero-order valence-electron chi connectivity index (χ0n) is 30.1. The third-order valence-electron chi connectivity index (χ3n) is 9.32. The third kappa shape index (κ3) is 12.5. The second-order valence-corrected chi connectivity index (χ2v) is 15.8. The summed E-state index contributed by atoms with van der Waals surface area (Å²) < 4.78 is 0. The number of hydrogen-bond acceptors (Lipinski definition) is 10. The number of fused-ring (bicyclic) bond motifs is 1. The fourth-order valence-corrected chi connectivity index (χ4v) is 8.35. The van der Waals surface area contributed by atoms with Gasteiger partial charge in [-0.1, -0.05) is 34.1 Å². The van der Waals surface area contributed by atoms with E-state index in [1.54, 1.807) is 11.8 Å². The predicted molar refractivity (Wildman–Crippen MR) is 189 cm³/mol. The maximum Gasteiger partial charge on any atom is 0.315 e. The number of carbonyl (C=O) groups excluding carboxylic acids is 7. The van der Waals surface area contributed by atoms with E-state index < -0.39 is 66.2 Å². The number of rotatable bonds is 20. The van der Waals surface area contributed by atoms with E-state index in [9.17, 15) is 38.4 Å². The summed E-state index contributed by atoms with van der Waals surface area (Å²) in [6, 6.07) is -4.15. The van der Waals surface area contributed by atoms with E-state index in [4.69, 9.17) is 10.8 Å². The first-order chi connectivity index (χ1) is 24.1. The maximum absolute atomic E-state index is 14.1. The van der Waals surface area contributed by atoms with Gasteiger partial charge in [0, 0.05) is 30.4 Å². The van der Waals surface area contributed by atoms with Gasteiger partial charge in [0.05, 0.1) is 24.2 Å². The second-order valence-electron chi connectivity index (χ2n) is 14.5. The molecule has 7 N–H and O–H groups in total. The average Bonchev–Trinajstić information content (AvgIpc) is 3.79. The molecule has 3 saturated heterocycles. The van der Waals surface area contributed by atoms with Crippen LogP contribution >= 0.6 is 11.8 Å². The van der Waals surface area contributed by atoms with Crippen LogP contribution in [0.5, 0.6) is 0 Å². The van der Waals surface area contributed by atoms with Crippen LogP contribution in [0.3, 0.4) is 0 Å². The van der Waals surface area contributed by atoms with Gasteiger partial charge in [0.25, 0.3) is 5.91 Å². The van der Waals surface area contributed by atoms with Crippen LogP contribution in [0, 0.1) is 11.8 Å². The highest BCUT2D eigenvalue weighted by Crippen LogP contribution is 2.33. The Morgan fingerprint density at radius 3 is 2.39 bits per heavy atom. The van der Waals surface area contributed by atoms with Crippen LogP contribution in [0.1, 0.15) is 91.9 Å². The third-order valence-corrected chi connectivity index (χ3v) is 10.8. The van der Waals surface area contributed by atoms with Crippen LogP contribution in [-0.2, 0) is 33.6 Å². The zero-order chi connectivity index (χ0) is 37.8. The van der Waals surface area contributed by atoms with Crippen molar-refractivity contribution in [1.82, 2.24) is 31.1 Å². The van der Waals surface area contributed by atoms with Crippen molar-refractivity contribution in [3.63, 3.8) is 0 Å². The lowest BCUT2D eigenvalue weighted by Crippen LogP contribution is -2.57. The largest absolute Gasteiger partial charge is 0.481 e. The van der Waals surface area contributed by atoms with Gasteiger partial charge in [-0.3, -0.25) is 33.7 Å². The molecule has 3 unspecified atom stereocenters. The van der Waals surface area contributed by atoms with Crippen molar-refractivity contribution in [2.75, 3.05) is 18.8 Å². The van der Waals surface area contributed by atoms with Gasteiger partial charge in [0.15, 0.2) is 0 Å². The molecule has 0 spiro atoms. The van der Waals surface area contributed by atoms with Crippen LogP contribution < -0.4 is 27.0 Å². The highest BCUT2D eigenvalue weighted by Gasteiger charge is 2.43. The number of unbranched alkanes of at least 4 members (excludes halogenated alkanes) is 1. The number of urea groups is 1. The van der Waals surface area contributed by atoms with E-state index in [1.807, 2.05) is 27.7 Å². The zero-order valence-corrected chi connectivity index (χ0v) is 30.9. The van der Waals surface area contributed by atoms with Gasteiger partial charge in [-0.2, -0.15) is 11.8 Å². The van der Waals surface area contributed by atoms with Crippen LogP contribution in [0.4, 0.5) is 4.79 Å². The molecule has 17 heteroatoms. The summed E-state index contributed by atoms with van der Waals surface area (Å²) in [5, 5.41) is 20.4. The Bertz CT molecular complexity index is 1300. The monoisotopic (exact) mass is 737 g/mol. The minimum Gasteiger partial charge on any atom is -0.481 e. The Kier molecular flexibility index (Phi) is 16.2. The summed E-state index contributed by atoms with van der Waals surface area (Å²) in [5.41, 5.74) is 5.96. The van der Waals surface area contributed by atoms with Gasteiger partial charge in [0.2, 0.25) is 23.6 Å². The van der Waals surface area contributed by atoms with Crippen LogP contribution in [0.2, 0.25) is 0 Å². The molecule has 3 heterocycles. The van der Waals surface area contributed by atoms with Crippen LogP contribution in [0.15, 0.2) is 0 Å². The van der Waals surface area contributed by atoms with Crippen molar-refractivity contribution in [3.8, 4) is 0 Å². The van der Waals surface area contributed by atoms with Crippen molar-refractivity contribution in [1.29, 1.82) is 0 Å². The van der Waals surface area contributed by atoms with Crippen molar-refractivity contribution >= 4 is 59.6 Å². The number of aldehydes is 1. The van der Waals surface area contributed by atoms with Gasteiger partial charge in [-0.05, 0) is 56.8 Å².